The molecule has 0 saturated carbocycles. The zero-order valence-electron chi connectivity index (χ0n) is 11.4. The van der Waals surface area contributed by atoms with Crippen LogP contribution in [-0.4, -0.2) is 35.6 Å². The molecule has 0 heterocycles. The van der Waals surface area contributed by atoms with Gasteiger partial charge < -0.3 is 16.6 Å². The SMILES string of the molecule is CCCCN(CCO)Cc1ccc(C(N)=O)cc1N. The van der Waals surface area contributed by atoms with Gasteiger partial charge in [0.15, 0.2) is 0 Å². The summed E-state index contributed by atoms with van der Waals surface area (Å²) in [5.74, 6) is -0.476. The lowest BCUT2D eigenvalue weighted by Gasteiger charge is -2.22. The maximum Gasteiger partial charge on any atom is 0.248 e. The Bertz CT molecular complexity index is 421. The summed E-state index contributed by atoms with van der Waals surface area (Å²) in [4.78, 5) is 13.2. The van der Waals surface area contributed by atoms with Crippen molar-refractivity contribution in [2.24, 2.45) is 5.73 Å². The third kappa shape index (κ3) is 4.89. The van der Waals surface area contributed by atoms with Crippen molar-refractivity contribution >= 4 is 11.6 Å². The van der Waals surface area contributed by atoms with Crippen molar-refractivity contribution in [2.45, 2.75) is 26.3 Å². The number of primary amides is 1. The molecule has 0 aliphatic carbocycles. The van der Waals surface area contributed by atoms with E-state index in [1.807, 2.05) is 6.07 Å². The molecule has 0 fully saturated rings. The highest BCUT2D eigenvalue weighted by Crippen LogP contribution is 2.16. The zero-order chi connectivity index (χ0) is 14.3. The normalized spacial score (nSPS) is 10.9. The second-order valence-corrected chi connectivity index (χ2v) is 4.63. The van der Waals surface area contributed by atoms with Gasteiger partial charge in [-0.1, -0.05) is 19.4 Å². The molecule has 0 atom stereocenters. The highest BCUT2D eigenvalue weighted by Gasteiger charge is 2.09. The van der Waals surface area contributed by atoms with E-state index in [1.54, 1.807) is 12.1 Å². The Kier molecular flexibility index (Phi) is 6.32. The maximum absolute atomic E-state index is 11.1. The average Bonchev–Trinajstić information content (AvgIpc) is 2.38. The molecule has 19 heavy (non-hydrogen) atoms. The van der Waals surface area contributed by atoms with E-state index in [2.05, 4.69) is 11.8 Å². The molecule has 0 aliphatic heterocycles. The monoisotopic (exact) mass is 265 g/mol. The number of aliphatic hydroxyl groups excluding tert-OH is 1. The fourth-order valence-corrected chi connectivity index (χ4v) is 1.93. The van der Waals surface area contributed by atoms with Crippen molar-refractivity contribution in [3.63, 3.8) is 0 Å². The number of amides is 1. The van der Waals surface area contributed by atoms with Crippen LogP contribution in [0.2, 0.25) is 0 Å². The van der Waals surface area contributed by atoms with Gasteiger partial charge in [0.05, 0.1) is 6.61 Å². The van der Waals surface area contributed by atoms with E-state index in [-0.39, 0.29) is 6.61 Å². The van der Waals surface area contributed by atoms with Gasteiger partial charge in [0, 0.05) is 24.3 Å². The number of carbonyl (C=O) groups is 1. The van der Waals surface area contributed by atoms with E-state index in [4.69, 9.17) is 16.6 Å². The van der Waals surface area contributed by atoms with Crippen molar-refractivity contribution in [2.75, 3.05) is 25.4 Å². The van der Waals surface area contributed by atoms with Gasteiger partial charge in [0.1, 0.15) is 0 Å². The molecule has 0 aromatic heterocycles. The number of aliphatic hydroxyl groups is 1. The van der Waals surface area contributed by atoms with Gasteiger partial charge in [-0.15, -0.1) is 0 Å². The first-order valence-electron chi connectivity index (χ1n) is 6.60. The first kappa shape index (κ1) is 15.5. The van der Waals surface area contributed by atoms with Gasteiger partial charge in [0.2, 0.25) is 5.91 Å². The van der Waals surface area contributed by atoms with Gasteiger partial charge in [-0.25, -0.2) is 0 Å². The van der Waals surface area contributed by atoms with E-state index in [0.29, 0.717) is 24.3 Å². The molecule has 0 spiro atoms. The number of hydrogen-bond donors (Lipinski definition) is 3. The van der Waals surface area contributed by atoms with E-state index in [9.17, 15) is 4.79 Å². The molecule has 1 amide bonds. The van der Waals surface area contributed by atoms with Crippen LogP contribution in [0.15, 0.2) is 18.2 Å². The van der Waals surface area contributed by atoms with Crippen LogP contribution < -0.4 is 11.5 Å². The van der Waals surface area contributed by atoms with Crippen LogP contribution in [0, 0.1) is 0 Å². The predicted molar refractivity (Wildman–Crippen MR) is 76.6 cm³/mol. The molecule has 0 saturated heterocycles. The number of nitrogens with two attached hydrogens (primary N) is 2. The van der Waals surface area contributed by atoms with E-state index < -0.39 is 5.91 Å². The van der Waals surface area contributed by atoms with Crippen LogP contribution in [-0.2, 0) is 6.54 Å². The van der Waals surface area contributed by atoms with Crippen LogP contribution in [0.3, 0.4) is 0 Å². The largest absolute Gasteiger partial charge is 0.398 e. The molecule has 0 bridgehead atoms. The maximum atomic E-state index is 11.1. The molecule has 5 heteroatoms. The third-order valence-corrected chi connectivity index (χ3v) is 3.07. The minimum atomic E-state index is -0.476. The highest BCUT2D eigenvalue weighted by atomic mass is 16.3. The number of benzene rings is 1. The Balaban J connectivity index is 2.75. The fourth-order valence-electron chi connectivity index (χ4n) is 1.93. The second kappa shape index (κ2) is 7.76. The molecule has 106 valence electrons. The summed E-state index contributed by atoms with van der Waals surface area (Å²) in [5.41, 5.74) is 13.1. The van der Waals surface area contributed by atoms with Crippen molar-refractivity contribution in [1.82, 2.24) is 4.90 Å². The third-order valence-electron chi connectivity index (χ3n) is 3.07. The number of carbonyl (C=O) groups excluding carboxylic acids is 1. The Hall–Kier alpha value is -1.59. The average molecular weight is 265 g/mol. The Labute approximate surface area is 114 Å². The van der Waals surface area contributed by atoms with Crippen molar-refractivity contribution in [3.05, 3.63) is 29.3 Å². The summed E-state index contributed by atoms with van der Waals surface area (Å²) < 4.78 is 0. The molecule has 5 N–H and O–H groups in total. The van der Waals surface area contributed by atoms with Crippen LogP contribution in [0.25, 0.3) is 0 Å². The van der Waals surface area contributed by atoms with Crippen molar-refractivity contribution < 1.29 is 9.90 Å². The first-order valence-corrected chi connectivity index (χ1v) is 6.60. The number of nitrogens with zero attached hydrogens (tertiary/aromatic N) is 1. The number of nitrogen functional groups attached to an aromatic ring is 1. The molecular formula is C14H23N3O2. The van der Waals surface area contributed by atoms with Gasteiger partial charge in [0.25, 0.3) is 0 Å². The van der Waals surface area contributed by atoms with E-state index in [1.165, 1.54) is 0 Å². The van der Waals surface area contributed by atoms with Gasteiger partial charge in [-0.2, -0.15) is 0 Å². The summed E-state index contributed by atoms with van der Waals surface area (Å²) in [6.45, 7) is 4.48. The molecule has 5 nitrogen and oxygen atoms in total. The topological polar surface area (TPSA) is 92.6 Å². The number of unbranched alkanes of at least 4 members (excludes halogenated alkanes) is 1. The molecule has 1 rings (SSSR count). The molecular weight excluding hydrogens is 242 g/mol. The summed E-state index contributed by atoms with van der Waals surface area (Å²) in [6, 6.07) is 5.12. The van der Waals surface area contributed by atoms with E-state index >= 15 is 0 Å². The van der Waals surface area contributed by atoms with Crippen LogP contribution in [0.1, 0.15) is 35.7 Å². The van der Waals surface area contributed by atoms with Gasteiger partial charge in [-0.05, 0) is 30.7 Å². The zero-order valence-corrected chi connectivity index (χ0v) is 11.4. The number of hydrogen-bond acceptors (Lipinski definition) is 4. The van der Waals surface area contributed by atoms with Crippen LogP contribution in [0.5, 0.6) is 0 Å². The molecule has 0 aliphatic rings. The fraction of sp³-hybridized carbons (Fsp3) is 0.500. The van der Waals surface area contributed by atoms with Gasteiger partial charge >= 0.3 is 0 Å². The Morgan fingerprint density at radius 2 is 2.11 bits per heavy atom. The van der Waals surface area contributed by atoms with Crippen LogP contribution in [0.4, 0.5) is 5.69 Å². The van der Waals surface area contributed by atoms with E-state index in [0.717, 1.165) is 24.9 Å². The quantitative estimate of drug-likeness (QED) is 0.610. The minimum absolute atomic E-state index is 0.128. The number of anilines is 1. The highest BCUT2D eigenvalue weighted by molar-refractivity contribution is 5.93. The Morgan fingerprint density at radius 3 is 2.63 bits per heavy atom. The minimum Gasteiger partial charge on any atom is -0.398 e. The smallest absolute Gasteiger partial charge is 0.248 e. The predicted octanol–water partition coefficient (Wildman–Crippen LogP) is 0.962. The summed E-state index contributed by atoms with van der Waals surface area (Å²) in [7, 11) is 0. The lowest BCUT2D eigenvalue weighted by atomic mass is 10.1. The second-order valence-electron chi connectivity index (χ2n) is 4.63. The summed E-state index contributed by atoms with van der Waals surface area (Å²) in [6.07, 6.45) is 2.19. The van der Waals surface area contributed by atoms with Gasteiger partial charge in [-0.3, -0.25) is 9.69 Å². The van der Waals surface area contributed by atoms with Crippen molar-refractivity contribution in [1.29, 1.82) is 0 Å². The van der Waals surface area contributed by atoms with Crippen molar-refractivity contribution in [3.8, 4) is 0 Å². The molecule has 1 aromatic rings. The Morgan fingerprint density at radius 1 is 1.37 bits per heavy atom. The first-order chi connectivity index (χ1) is 9.08. The summed E-state index contributed by atoms with van der Waals surface area (Å²) in [5, 5.41) is 9.07. The standard InChI is InChI=1S/C14H23N3O2/c1-2-3-6-17(7-8-18)10-12-5-4-11(14(16)19)9-13(12)15/h4-5,9,18H,2-3,6-8,10,15H2,1H3,(H2,16,19). The molecule has 1 aromatic carbocycles. The number of rotatable bonds is 8. The molecule has 0 unspecified atom stereocenters. The lowest BCUT2D eigenvalue weighted by molar-refractivity contribution is 0.100. The lowest BCUT2D eigenvalue weighted by Crippen LogP contribution is -2.28. The van der Waals surface area contributed by atoms with Crippen LogP contribution >= 0.6 is 0 Å². The summed E-state index contributed by atoms with van der Waals surface area (Å²) >= 11 is 0. The molecule has 0 radical (unpaired) electrons.